The van der Waals surface area contributed by atoms with Crippen LogP contribution in [-0.2, 0) is 14.3 Å². The minimum atomic E-state index is -0.828. The number of nitrogens with one attached hydrogen (secondary N) is 1. The molecular formula is C54H89NO5. The zero-order valence-corrected chi connectivity index (χ0v) is 38.5. The SMILES string of the molecule is CC/C=C/C=C/C=C\C=C/C=C/CC(CC(=O)NC(CO)C(O)CCCCCCCCCCCCC)OC(=O)CCCCC/C=C\C/C=C\C/C=C\C/C=C\CCCCC. The Hall–Kier alpha value is -3.48. The molecule has 0 spiro atoms. The maximum absolute atomic E-state index is 13.1. The molecule has 340 valence electrons. The van der Waals surface area contributed by atoms with E-state index in [2.05, 4.69) is 80.8 Å². The number of rotatable bonds is 41. The number of ether oxygens (including phenoxy) is 1. The largest absolute Gasteiger partial charge is 0.461 e. The summed E-state index contributed by atoms with van der Waals surface area (Å²) >= 11 is 0. The molecule has 6 heteroatoms. The van der Waals surface area contributed by atoms with Crippen LogP contribution < -0.4 is 5.32 Å². The van der Waals surface area contributed by atoms with E-state index >= 15 is 0 Å². The molecule has 0 rings (SSSR count). The fourth-order valence-corrected chi connectivity index (χ4v) is 6.55. The van der Waals surface area contributed by atoms with E-state index in [1.807, 2.05) is 54.7 Å². The molecule has 0 aromatic rings. The van der Waals surface area contributed by atoms with Crippen molar-refractivity contribution in [3.8, 4) is 0 Å². The molecule has 0 aromatic heterocycles. The summed E-state index contributed by atoms with van der Waals surface area (Å²) in [5, 5.41) is 23.6. The molecular weight excluding hydrogens is 743 g/mol. The lowest BCUT2D eigenvalue weighted by molar-refractivity contribution is -0.150. The highest BCUT2D eigenvalue weighted by Crippen LogP contribution is 2.15. The molecule has 60 heavy (non-hydrogen) atoms. The Balaban J connectivity index is 4.74. The summed E-state index contributed by atoms with van der Waals surface area (Å²) in [5.41, 5.74) is 0. The smallest absolute Gasteiger partial charge is 0.306 e. The van der Waals surface area contributed by atoms with Gasteiger partial charge in [0.05, 0.1) is 25.2 Å². The Morgan fingerprint density at radius 1 is 0.533 bits per heavy atom. The van der Waals surface area contributed by atoms with Crippen LogP contribution in [0.1, 0.15) is 194 Å². The number of carbonyl (C=O) groups excluding carboxylic acids is 2. The molecule has 0 saturated carbocycles. The van der Waals surface area contributed by atoms with Gasteiger partial charge >= 0.3 is 5.97 Å². The van der Waals surface area contributed by atoms with Crippen LogP contribution in [0.5, 0.6) is 0 Å². The highest BCUT2D eigenvalue weighted by Gasteiger charge is 2.23. The van der Waals surface area contributed by atoms with Crippen LogP contribution in [0.4, 0.5) is 0 Å². The molecule has 3 N–H and O–H groups in total. The van der Waals surface area contributed by atoms with Crippen LogP contribution >= 0.6 is 0 Å². The Morgan fingerprint density at radius 2 is 0.983 bits per heavy atom. The normalized spacial score (nSPS) is 14.3. The first-order valence-corrected chi connectivity index (χ1v) is 24.2. The number of hydrogen-bond donors (Lipinski definition) is 3. The molecule has 0 bridgehead atoms. The molecule has 0 radical (unpaired) electrons. The predicted molar refractivity (Wildman–Crippen MR) is 259 cm³/mol. The van der Waals surface area contributed by atoms with E-state index in [-0.39, 0.29) is 24.9 Å². The predicted octanol–water partition coefficient (Wildman–Crippen LogP) is 14.3. The molecule has 0 aliphatic rings. The highest BCUT2D eigenvalue weighted by atomic mass is 16.5. The maximum Gasteiger partial charge on any atom is 0.306 e. The van der Waals surface area contributed by atoms with E-state index in [0.717, 1.165) is 70.6 Å². The quantitative estimate of drug-likeness (QED) is 0.0247. The third-order valence-corrected chi connectivity index (χ3v) is 10.2. The van der Waals surface area contributed by atoms with Gasteiger partial charge in [0.2, 0.25) is 5.91 Å². The van der Waals surface area contributed by atoms with E-state index in [1.165, 1.54) is 77.0 Å². The summed E-state index contributed by atoms with van der Waals surface area (Å²) < 4.78 is 5.81. The van der Waals surface area contributed by atoms with Gasteiger partial charge in [0.1, 0.15) is 6.10 Å². The molecule has 0 aliphatic carbocycles. The first-order chi connectivity index (χ1) is 29.5. The van der Waals surface area contributed by atoms with Gasteiger partial charge < -0.3 is 20.3 Å². The van der Waals surface area contributed by atoms with Crippen molar-refractivity contribution < 1.29 is 24.5 Å². The molecule has 1 amide bonds. The van der Waals surface area contributed by atoms with Crippen molar-refractivity contribution in [2.24, 2.45) is 0 Å². The van der Waals surface area contributed by atoms with Crippen LogP contribution in [0.2, 0.25) is 0 Å². The zero-order chi connectivity index (χ0) is 43.8. The molecule has 3 unspecified atom stereocenters. The number of amides is 1. The lowest BCUT2D eigenvalue weighted by Crippen LogP contribution is -2.46. The standard InChI is InChI=1S/C54H89NO5/c1-4-7-10-13-16-19-22-23-24-25-26-27-28-29-32-35-38-41-44-47-54(59)60-50(45-42-39-36-33-30-20-17-14-11-8-5-2)48-53(58)55-51(49-56)52(57)46-43-40-37-34-31-21-18-15-12-9-6-3/h8,11,14,16-17,19-20,23-24,26-27,29-30,32-33,36,39,42,50-52,56-57H,4-7,9-10,12-13,15,18,21-22,25,28,31,34-35,37-38,40-41,43-49H2,1-3H3,(H,55,58)/b11-8+,17-14+,19-16-,24-23-,27-26-,30-20-,32-29-,36-33-,42-39+. The fourth-order valence-electron chi connectivity index (χ4n) is 6.55. The van der Waals surface area contributed by atoms with E-state index < -0.39 is 18.2 Å². The molecule has 6 nitrogen and oxygen atoms in total. The first-order valence-electron chi connectivity index (χ1n) is 24.2. The molecule has 0 fully saturated rings. The van der Waals surface area contributed by atoms with E-state index in [9.17, 15) is 19.8 Å². The second kappa shape index (κ2) is 46.6. The molecule has 0 saturated heterocycles. The fraction of sp³-hybridized carbons (Fsp3) is 0.630. The van der Waals surface area contributed by atoms with Crippen LogP contribution in [0, 0.1) is 0 Å². The summed E-state index contributed by atoms with van der Waals surface area (Å²) in [6.07, 6.45) is 63.1. The van der Waals surface area contributed by atoms with Crippen molar-refractivity contribution in [2.45, 2.75) is 212 Å². The van der Waals surface area contributed by atoms with Gasteiger partial charge in [-0.1, -0.05) is 220 Å². The van der Waals surface area contributed by atoms with Gasteiger partial charge in [0.25, 0.3) is 0 Å². The lowest BCUT2D eigenvalue weighted by Gasteiger charge is -2.24. The molecule has 0 aromatic carbocycles. The number of allylic oxidation sites excluding steroid dienone is 17. The minimum absolute atomic E-state index is 0.0382. The van der Waals surface area contributed by atoms with E-state index in [4.69, 9.17) is 4.74 Å². The van der Waals surface area contributed by atoms with Gasteiger partial charge in [-0.05, 0) is 64.2 Å². The maximum atomic E-state index is 13.1. The van der Waals surface area contributed by atoms with E-state index in [0.29, 0.717) is 19.3 Å². The van der Waals surface area contributed by atoms with Gasteiger partial charge in [-0.2, -0.15) is 0 Å². The Morgan fingerprint density at radius 3 is 1.52 bits per heavy atom. The van der Waals surface area contributed by atoms with Crippen LogP contribution in [0.15, 0.2) is 109 Å². The van der Waals surface area contributed by atoms with Crippen molar-refractivity contribution in [3.05, 3.63) is 109 Å². The summed E-state index contributed by atoms with van der Waals surface area (Å²) in [6.45, 7) is 6.23. The van der Waals surface area contributed by atoms with Crippen molar-refractivity contribution in [1.29, 1.82) is 0 Å². The van der Waals surface area contributed by atoms with Crippen molar-refractivity contribution in [1.82, 2.24) is 5.32 Å². The summed E-state index contributed by atoms with van der Waals surface area (Å²) in [7, 11) is 0. The number of unbranched alkanes of at least 4 members (excludes halogenated alkanes) is 16. The number of carbonyl (C=O) groups is 2. The van der Waals surface area contributed by atoms with Gasteiger partial charge in [-0.15, -0.1) is 0 Å². The molecule has 3 atom stereocenters. The number of esters is 1. The Bertz CT molecular complexity index is 1250. The highest BCUT2D eigenvalue weighted by molar-refractivity contribution is 5.77. The monoisotopic (exact) mass is 832 g/mol. The van der Waals surface area contributed by atoms with Gasteiger partial charge in [-0.3, -0.25) is 9.59 Å². The van der Waals surface area contributed by atoms with Crippen molar-refractivity contribution >= 4 is 11.9 Å². The third kappa shape index (κ3) is 41.3. The average Bonchev–Trinajstić information content (AvgIpc) is 3.24. The van der Waals surface area contributed by atoms with Crippen molar-refractivity contribution in [3.63, 3.8) is 0 Å². The minimum Gasteiger partial charge on any atom is -0.461 e. The van der Waals surface area contributed by atoms with Crippen molar-refractivity contribution in [2.75, 3.05) is 6.61 Å². The summed E-state index contributed by atoms with van der Waals surface area (Å²) in [5.74, 6) is -0.656. The summed E-state index contributed by atoms with van der Waals surface area (Å²) in [4.78, 5) is 26.0. The van der Waals surface area contributed by atoms with Gasteiger partial charge in [-0.25, -0.2) is 0 Å². The Kier molecular flexibility index (Phi) is 43.9. The second-order valence-corrected chi connectivity index (χ2v) is 15.9. The lowest BCUT2D eigenvalue weighted by atomic mass is 10.0. The second-order valence-electron chi connectivity index (χ2n) is 15.9. The number of aliphatic hydroxyl groups excluding tert-OH is 2. The number of aliphatic hydroxyl groups is 2. The first kappa shape index (κ1) is 56.5. The van der Waals surface area contributed by atoms with Gasteiger partial charge in [0.15, 0.2) is 0 Å². The van der Waals surface area contributed by atoms with Gasteiger partial charge in [0, 0.05) is 12.8 Å². The van der Waals surface area contributed by atoms with Crippen LogP contribution in [0.25, 0.3) is 0 Å². The van der Waals surface area contributed by atoms with Crippen LogP contribution in [0.3, 0.4) is 0 Å². The summed E-state index contributed by atoms with van der Waals surface area (Å²) in [6, 6.07) is -0.752. The average molecular weight is 832 g/mol. The topological polar surface area (TPSA) is 95.9 Å². The Labute approximate surface area is 368 Å². The zero-order valence-electron chi connectivity index (χ0n) is 38.5. The number of hydrogen-bond acceptors (Lipinski definition) is 5. The third-order valence-electron chi connectivity index (χ3n) is 10.2. The van der Waals surface area contributed by atoms with E-state index in [1.54, 1.807) is 0 Å². The molecule has 0 heterocycles. The molecule has 0 aliphatic heterocycles. The van der Waals surface area contributed by atoms with Crippen LogP contribution in [-0.4, -0.2) is 46.9 Å².